The Bertz CT molecular complexity index is 1250. The molecule has 2 saturated heterocycles. The number of amides is 3. The zero-order valence-corrected chi connectivity index (χ0v) is 20.1. The molecule has 35 heavy (non-hydrogen) atoms. The second kappa shape index (κ2) is 8.80. The smallest absolute Gasteiger partial charge is 0.316 e. The van der Waals surface area contributed by atoms with Crippen molar-refractivity contribution < 1.29 is 23.9 Å². The van der Waals surface area contributed by atoms with E-state index in [9.17, 15) is 19.2 Å². The average molecular weight is 473 g/mol. The molecular weight excluding hydrogens is 444 g/mol. The second-order valence-electron chi connectivity index (χ2n) is 9.78. The summed E-state index contributed by atoms with van der Waals surface area (Å²) in [6.07, 6.45) is 4.63. The van der Waals surface area contributed by atoms with Gasteiger partial charge in [-0.3, -0.25) is 24.1 Å². The maximum atomic E-state index is 13.0. The van der Waals surface area contributed by atoms with Crippen LogP contribution in [0.15, 0.2) is 54.6 Å². The van der Waals surface area contributed by atoms with Gasteiger partial charge < -0.3 is 9.64 Å². The van der Waals surface area contributed by atoms with Crippen LogP contribution < -0.4 is 14.5 Å². The van der Waals surface area contributed by atoms with Crippen molar-refractivity contribution in [2.24, 2.45) is 23.7 Å². The van der Waals surface area contributed by atoms with Crippen LogP contribution in [-0.2, 0) is 19.2 Å². The van der Waals surface area contributed by atoms with Crippen molar-refractivity contribution in [2.75, 3.05) is 16.3 Å². The highest BCUT2D eigenvalue weighted by atomic mass is 16.5. The van der Waals surface area contributed by atoms with Gasteiger partial charge in [-0.15, -0.1) is 0 Å². The Morgan fingerprint density at radius 1 is 1.00 bits per heavy atom. The van der Waals surface area contributed by atoms with Crippen LogP contribution in [0.5, 0.6) is 5.75 Å². The molecule has 7 nitrogen and oxygen atoms in total. The maximum absolute atomic E-state index is 13.0. The van der Waals surface area contributed by atoms with Gasteiger partial charge in [-0.1, -0.05) is 31.2 Å². The number of hydrogen-bond acceptors (Lipinski definition) is 5. The molecule has 2 aromatic rings. The summed E-state index contributed by atoms with van der Waals surface area (Å²) in [5.41, 5.74) is 3.31. The van der Waals surface area contributed by atoms with E-state index in [4.69, 9.17) is 4.74 Å². The van der Waals surface area contributed by atoms with Crippen molar-refractivity contribution in [2.45, 2.75) is 33.6 Å². The number of esters is 1. The first-order valence-corrected chi connectivity index (χ1v) is 12.0. The number of fused-ring (bicyclic) bond motifs is 1. The third kappa shape index (κ3) is 4.05. The summed E-state index contributed by atoms with van der Waals surface area (Å²) in [7, 11) is 0. The predicted octanol–water partition coefficient (Wildman–Crippen LogP) is 3.96. The summed E-state index contributed by atoms with van der Waals surface area (Å²) in [5.74, 6) is -1.83. The molecule has 0 N–H and O–H groups in total. The van der Waals surface area contributed by atoms with Crippen molar-refractivity contribution in [1.82, 2.24) is 0 Å². The van der Waals surface area contributed by atoms with Crippen LogP contribution in [0.25, 0.3) is 0 Å². The van der Waals surface area contributed by atoms with Gasteiger partial charge in [0, 0.05) is 18.7 Å². The summed E-state index contributed by atoms with van der Waals surface area (Å²) < 4.78 is 5.55. The number of benzene rings is 2. The number of imide groups is 1. The predicted molar refractivity (Wildman–Crippen MR) is 131 cm³/mol. The van der Waals surface area contributed by atoms with Crippen LogP contribution in [0.1, 0.15) is 30.9 Å². The number of aryl methyl sites for hydroxylation is 2. The van der Waals surface area contributed by atoms with E-state index in [1.54, 1.807) is 29.2 Å². The summed E-state index contributed by atoms with van der Waals surface area (Å²) in [5, 5.41) is 0. The number of carbonyl (C=O) groups excluding carboxylic acids is 4. The van der Waals surface area contributed by atoms with E-state index in [0.29, 0.717) is 17.9 Å². The molecule has 0 radical (unpaired) electrons. The third-order valence-electron chi connectivity index (χ3n) is 7.30. The van der Waals surface area contributed by atoms with Gasteiger partial charge in [0.25, 0.3) is 0 Å². The number of allylic oxidation sites excluding steroid dienone is 2. The number of nitrogens with zero attached hydrogens (tertiary/aromatic N) is 2. The van der Waals surface area contributed by atoms with E-state index in [0.717, 1.165) is 16.8 Å². The lowest BCUT2D eigenvalue weighted by Crippen LogP contribution is -2.31. The van der Waals surface area contributed by atoms with Gasteiger partial charge >= 0.3 is 5.97 Å². The molecular formula is C28H28N2O5. The zero-order chi connectivity index (χ0) is 24.9. The molecule has 3 amide bonds. The Hall–Kier alpha value is -3.74. The van der Waals surface area contributed by atoms with Crippen LogP contribution in [0, 0.1) is 37.5 Å². The van der Waals surface area contributed by atoms with E-state index in [1.165, 1.54) is 4.90 Å². The first-order chi connectivity index (χ1) is 16.7. The molecule has 1 aliphatic carbocycles. The van der Waals surface area contributed by atoms with Crippen molar-refractivity contribution in [3.63, 3.8) is 0 Å². The molecule has 2 aromatic carbocycles. The van der Waals surface area contributed by atoms with E-state index < -0.39 is 11.9 Å². The Balaban J connectivity index is 1.26. The number of hydrogen-bond donors (Lipinski definition) is 0. The summed E-state index contributed by atoms with van der Waals surface area (Å²) in [6, 6.07) is 12.3. The number of carbonyl (C=O) groups is 4. The fraction of sp³-hybridized carbons (Fsp3) is 0.357. The van der Waals surface area contributed by atoms with Gasteiger partial charge in [0.15, 0.2) is 0 Å². The molecule has 0 aromatic heterocycles. The van der Waals surface area contributed by atoms with Gasteiger partial charge in [0.2, 0.25) is 17.7 Å². The van der Waals surface area contributed by atoms with Gasteiger partial charge in [-0.2, -0.15) is 0 Å². The minimum absolute atomic E-state index is 0.0210. The average Bonchev–Trinajstić information content (AvgIpc) is 3.34. The minimum Gasteiger partial charge on any atom is -0.426 e. The largest absolute Gasteiger partial charge is 0.426 e. The fourth-order valence-corrected chi connectivity index (χ4v) is 5.37. The molecule has 5 rings (SSSR count). The topological polar surface area (TPSA) is 84.0 Å². The molecule has 7 heteroatoms. The van der Waals surface area contributed by atoms with Crippen LogP contribution in [-0.4, -0.2) is 30.2 Å². The Morgan fingerprint density at radius 2 is 1.74 bits per heavy atom. The lowest BCUT2D eigenvalue weighted by Gasteiger charge is -2.22. The number of ether oxygens (including phenoxy) is 1. The van der Waals surface area contributed by atoms with E-state index >= 15 is 0 Å². The normalized spacial score (nSPS) is 25.9. The second-order valence-corrected chi connectivity index (χ2v) is 9.78. The van der Waals surface area contributed by atoms with Gasteiger partial charge in [-0.05, 0) is 67.6 Å². The number of rotatable bonds is 4. The zero-order valence-electron chi connectivity index (χ0n) is 20.1. The highest BCUT2D eigenvalue weighted by molar-refractivity contribution is 6.22. The van der Waals surface area contributed by atoms with Crippen LogP contribution in [0.4, 0.5) is 11.4 Å². The molecule has 3 aliphatic rings. The molecule has 2 heterocycles. The summed E-state index contributed by atoms with van der Waals surface area (Å²) >= 11 is 0. The lowest BCUT2D eigenvalue weighted by atomic mass is 9.78. The molecule has 0 unspecified atom stereocenters. The van der Waals surface area contributed by atoms with Crippen molar-refractivity contribution in [3.05, 3.63) is 65.7 Å². The van der Waals surface area contributed by atoms with E-state index in [1.807, 2.05) is 51.1 Å². The Kier molecular flexibility index (Phi) is 5.79. The minimum atomic E-state index is -0.569. The van der Waals surface area contributed by atoms with Gasteiger partial charge in [-0.25, -0.2) is 0 Å². The molecule has 0 bridgehead atoms. The van der Waals surface area contributed by atoms with Crippen molar-refractivity contribution >= 4 is 35.1 Å². The first kappa shape index (κ1) is 23.0. The monoisotopic (exact) mass is 472 g/mol. The van der Waals surface area contributed by atoms with Gasteiger partial charge in [0.05, 0.1) is 23.4 Å². The quantitative estimate of drug-likeness (QED) is 0.291. The summed E-state index contributed by atoms with van der Waals surface area (Å²) in [4.78, 5) is 54.2. The fourth-order valence-electron chi connectivity index (χ4n) is 5.37. The lowest BCUT2D eigenvalue weighted by molar-refractivity contribution is -0.139. The molecule has 0 spiro atoms. The maximum Gasteiger partial charge on any atom is 0.316 e. The van der Waals surface area contributed by atoms with E-state index in [2.05, 4.69) is 0 Å². The molecule has 0 saturated carbocycles. The standard InChI is InChI=1S/C28H28N2O5/c1-16-7-8-17(2)23(13-16)29-15-19(14-24(29)31)28(34)35-21-11-9-20(10-12-21)30-26(32)22-6-4-5-18(3)25(22)27(30)33/h4-5,7-13,18-19,22,25H,6,14-15H2,1-3H3/t18-,19-,22-,25+/m1/s1. The van der Waals surface area contributed by atoms with Crippen molar-refractivity contribution in [1.29, 1.82) is 0 Å². The van der Waals surface area contributed by atoms with Crippen LogP contribution in [0.2, 0.25) is 0 Å². The summed E-state index contributed by atoms with van der Waals surface area (Å²) in [6.45, 7) is 6.14. The van der Waals surface area contributed by atoms with Crippen molar-refractivity contribution in [3.8, 4) is 5.75 Å². The first-order valence-electron chi connectivity index (χ1n) is 12.0. The third-order valence-corrected chi connectivity index (χ3v) is 7.30. The Morgan fingerprint density at radius 3 is 2.46 bits per heavy atom. The van der Waals surface area contributed by atoms with Crippen LogP contribution >= 0.6 is 0 Å². The van der Waals surface area contributed by atoms with E-state index in [-0.39, 0.29) is 48.4 Å². The van der Waals surface area contributed by atoms with Crippen LogP contribution in [0.3, 0.4) is 0 Å². The highest BCUT2D eigenvalue weighted by Crippen LogP contribution is 2.40. The molecule has 2 fully saturated rings. The van der Waals surface area contributed by atoms with Gasteiger partial charge in [0.1, 0.15) is 5.75 Å². The SMILES string of the molecule is Cc1ccc(C)c(N2C[C@H](C(=O)Oc3ccc(N4C(=O)[C@H]5[C@H](C)C=CC[C@H]5C4=O)cc3)CC2=O)c1. The highest BCUT2D eigenvalue weighted by Gasteiger charge is 2.50. The number of anilines is 2. The molecule has 2 aliphatic heterocycles. The molecule has 4 atom stereocenters. The Labute approximate surface area is 204 Å². The molecule has 180 valence electrons.